The van der Waals surface area contributed by atoms with Gasteiger partial charge in [0.15, 0.2) is 0 Å². The summed E-state index contributed by atoms with van der Waals surface area (Å²) >= 11 is 0. The van der Waals surface area contributed by atoms with Crippen LogP contribution in [-0.2, 0) is 4.79 Å². The normalized spacial score (nSPS) is 25.9. The molecule has 0 saturated heterocycles. The lowest BCUT2D eigenvalue weighted by atomic mass is 9.84. The van der Waals surface area contributed by atoms with Gasteiger partial charge in [0, 0.05) is 0 Å². The first-order valence-electron chi connectivity index (χ1n) is 8.24. The molecule has 21 heavy (non-hydrogen) atoms. The Morgan fingerprint density at radius 3 is 2.57 bits per heavy atom. The SMILES string of the molecule is CCNC1(C(=O)O)CCCC1CCN(C)CCCN(C)C. The van der Waals surface area contributed by atoms with Crippen molar-refractivity contribution in [3.63, 3.8) is 0 Å². The Balaban J connectivity index is 2.43. The molecule has 2 unspecified atom stereocenters. The van der Waals surface area contributed by atoms with Crippen molar-refractivity contribution >= 4 is 5.97 Å². The summed E-state index contributed by atoms with van der Waals surface area (Å²) in [7, 11) is 6.33. The molecule has 0 aromatic rings. The molecule has 1 saturated carbocycles. The van der Waals surface area contributed by atoms with Crippen LogP contribution in [0.1, 0.15) is 39.0 Å². The summed E-state index contributed by atoms with van der Waals surface area (Å²) in [6.07, 6.45) is 4.95. The second-order valence-electron chi connectivity index (χ2n) is 6.64. The van der Waals surface area contributed by atoms with E-state index in [1.807, 2.05) is 6.92 Å². The Morgan fingerprint density at radius 2 is 2.00 bits per heavy atom. The minimum absolute atomic E-state index is 0.256. The molecule has 2 N–H and O–H groups in total. The van der Waals surface area contributed by atoms with E-state index in [-0.39, 0.29) is 5.92 Å². The van der Waals surface area contributed by atoms with Crippen LogP contribution in [0.4, 0.5) is 0 Å². The number of rotatable bonds is 10. The van der Waals surface area contributed by atoms with Gasteiger partial charge < -0.3 is 20.2 Å². The van der Waals surface area contributed by atoms with E-state index < -0.39 is 11.5 Å². The predicted octanol–water partition coefficient (Wildman–Crippen LogP) is 1.49. The summed E-state index contributed by atoms with van der Waals surface area (Å²) in [5.41, 5.74) is -0.681. The third-order valence-electron chi connectivity index (χ3n) is 4.70. The van der Waals surface area contributed by atoms with E-state index in [9.17, 15) is 9.90 Å². The quantitative estimate of drug-likeness (QED) is 0.640. The molecule has 0 aliphatic heterocycles. The van der Waals surface area contributed by atoms with Crippen molar-refractivity contribution in [2.75, 3.05) is 47.3 Å². The number of hydrogen-bond acceptors (Lipinski definition) is 4. The van der Waals surface area contributed by atoms with Gasteiger partial charge in [-0.2, -0.15) is 0 Å². The van der Waals surface area contributed by atoms with Crippen LogP contribution < -0.4 is 5.32 Å². The summed E-state index contributed by atoms with van der Waals surface area (Å²) in [6, 6.07) is 0. The van der Waals surface area contributed by atoms with Crippen LogP contribution in [-0.4, -0.2) is 73.7 Å². The highest BCUT2D eigenvalue weighted by molar-refractivity contribution is 5.79. The lowest BCUT2D eigenvalue weighted by Crippen LogP contribution is -2.55. The number of nitrogens with one attached hydrogen (secondary N) is 1. The van der Waals surface area contributed by atoms with Crippen molar-refractivity contribution in [1.29, 1.82) is 0 Å². The summed E-state index contributed by atoms with van der Waals surface area (Å²) in [6.45, 7) is 5.88. The number of hydrogen-bond donors (Lipinski definition) is 2. The van der Waals surface area contributed by atoms with Crippen molar-refractivity contribution in [3.8, 4) is 0 Å². The summed E-state index contributed by atoms with van der Waals surface area (Å²) in [5.74, 6) is -0.409. The van der Waals surface area contributed by atoms with Gasteiger partial charge >= 0.3 is 5.97 Å². The average molecular weight is 299 g/mol. The van der Waals surface area contributed by atoms with Crippen molar-refractivity contribution < 1.29 is 9.90 Å². The zero-order chi connectivity index (χ0) is 15.9. The van der Waals surface area contributed by atoms with Crippen LogP contribution in [0.2, 0.25) is 0 Å². The Bertz CT molecular complexity index is 323. The maximum atomic E-state index is 11.7. The van der Waals surface area contributed by atoms with Crippen molar-refractivity contribution in [2.45, 2.75) is 44.6 Å². The molecule has 0 radical (unpaired) electrons. The first-order chi connectivity index (χ1) is 9.92. The number of likely N-dealkylation sites (N-methyl/N-ethyl adjacent to an activating group) is 1. The Kier molecular flexibility index (Phi) is 7.63. The molecule has 0 heterocycles. The van der Waals surface area contributed by atoms with Gasteiger partial charge in [0.1, 0.15) is 5.54 Å². The van der Waals surface area contributed by atoms with Crippen molar-refractivity contribution in [1.82, 2.24) is 15.1 Å². The number of aliphatic carboxylic acids is 1. The zero-order valence-corrected chi connectivity index (χ0v) is 14.2. The van der Waals surface area contributed by atoms with Gasteiger partial charge in [-0.15, -0.1) is 0 Å². The van der Waals surface area contributed by atoms with Crippen LogP contribution in [0.25, 0.3) is 0 Å². The molecule has 0 amide bonds. The van der Waals surface area contributed by atoms with Gasteiger partial charge in [0.25, 0.3) is 0 Å². The lowest BCUT2D eigenvalue weighted by molar-refractivity contribution is -0.146. The minimum Gasteiger partial charge on any atom is -0.480 e. The van der Waals surface area contributed by atoms with Crippen LogP contribution in [0.3, 0.4) is 0 Å². The average Bonchev–Trinajstić information content (AvgIpc) is 2.80. The van der Waals surface area contributed by atoms with Crippen LogP contribution in [0.15, 0.2) is 0 Å². The molecular weight excluding hydrogens is 266 g/mol. The van der Waals surface area contributed by atoms with Gasteiger partial charge in [-0.1, -0.05) is 13.3 Å². The molecular formula is C16H33N3O2. The first-order valence-corrected chi connectivity index (χ1v) is 8.24. The van der Waals surface area contributed by atoms with Crippen LogP contribution in [0, 0.1) is 5.92 Å². The molecule has 1 fully saturated rings. The van der Waals surface area contributed by atoms with Gasteiger partial charge in [0.05, 0.1) is 0 Å². The second-order valence-corrected chi connectivity index (χ2v) is 6.64. The van der Waals surface area contributed by atoms with Crippen molar-refractivity contribution in [2.24, 2.45) is 5.92 Å². The highest BCUT2D eigenvalue weighted by Crippen LogP contribution is 2.38. The maximum Gasteiger partial charge on any atom is 0.324 e. The number of carboxylic acid groups (broad SMARTS) is 1. The second kappa shape index (κ2) is 8.71. The van der Waals surface area contributed by atoms with E-state index in [1.165, 1.54) is 0 Å². The van der Waals surface area contributed by atoms with Gasteiger partial charge in [-0.05, 0) is 78.9 Å². The third kappa shape index (κ3) is 5.24. The summed E-state index contributed by atoms with van der Waals surface area (Å²) in [5, 5.41) is 12.9. The molecule has 0 spiro atoms. The molecule has 2 atom stereocenters. The monoisotopic (exact) mass is 299 g/mol. The van der Waals surface area contributed by atoms with Crippen molar-refractivity contribution in [3.05, 3.63) is 0 Å². The van der Waals surface area contributed by atoms with Crippen LogP contribution in [0.5, 0.6) is 0 Å². The number of carboxylic acids is 1. The molecule has 5 nitrogen and oxygen atoms in total. The Labute approximate surface area is 129 Å². The van der Waals surface area contributed by atoms with E-state index in [0.29, 0.717) is 0 Å². The molecule has 124 valence electrons. The fourth-order valence-corrected chi connectivity index (χ4v) is 3.52. The highest BCUT2D eigenvalue weighted by Gasteiger charge is 2.48. The third-order valence-corrected chi connectivity index (χ3v) is 4.70. The zero-order valence-electron chi connectivity index (χ0n) is 14.2. The summed E-state index contributed by atoms with van der Waals surface area (Å²) in [4.78, 5) is 16.3. The van der Waals surface area contributed by atoms with E-state index in [1.54, 1.807) is 0 Å². The fourth-order valence-electron chi connectivity index (χ4n) is 3.52. The standard InChI is InChI=1S/C16H33N3O2/c1-5-17-16(15(20)21)10-6-8-14(16)9-13-19(4)12-7-11-18(2)3/h14,17H,5-13H2,1-4H3,(H,20,21). The van der Waals surface area contributed by atoms with Gasteiger partial charge in [0.2, 0.25) is 0 Å². The number of nitrogens with zero attached hydrogens (tertiary/aromatic N) is 2. The topological polar surface area (TPSA) is 55.8 Å². The molecule has 0 aromatic heterocycles. The van der Waals surface area contributed by atoms with E-state index in [4.69, 9.17) is 0 Å². The highest BCUT2D eigenvalue weighted by atomic mass is 16.4. The molecule has 1 rings (SSSR count). The van der Waals surface area contributed by atoms with Crippen LogP contribution >= 0.6 is 0 Å². The Morgan fingerprint density at radius 1 is 1.29 bits per heavy atom. The largest absolute Gasteiger partial charge is 0.480 e. The number of carbonyl (C=O) groups is 1. The lowest BCUT2D eigenvalue weighted by Gasteiger charge is -2.33. The van der Waals surface area contributed by atoms with Gasteiger partial charge in [-0.25, -0.2) is 0 Å². The first kappa shape index (κ1) is 18.4. The van der Waals surface area contributed by atoms with E-state index in [2.05, 4.69) is 36.3 Å². The molecule has 5 heteroatoms. The minimum atomic E-state index is -0.681. The summed E-state index contributed by atoms with van der Waals surface area (Å²) < 4.78 is 0. The smallest absolute Gasteiger partial charge is 0.324 e. The molecule has 0 aromatic carbocycles. The molecule has 1 aliphatic carbocycles. The molecule has 0 bridgehead atoms. The fraction of sp³-hybridized carbons (Fsp3) is 0.938. The van der Waals surface area contributed by atoms with E-state index >= 15 is 0 Å². The predicted molar refractivity (Wildman–Crippen MR) is 86.7 cm³/mol. The van der Waals surface area contributed by atoms with E-state index in [0.717, 1.165) is 58.3 Å². The Hall–Kier alpha value is -0.650. The maximum absolute atomic E-state index is 11.7. The van der Waals surface area contributed by atoms with Gasteiger partial charge in [-0.3, -0.25) is 4.79 Å². The molecule has 1 aliphatic rings.